The van der Waals surface area contributed by atoms with Crippen molar-refractivity contribution >= 4 is 29.3 Å². The van der Waals surface area contributed by atoms with Crippen LogP contribution in [-0.2, 0) is 21.5 Å². The largest absolute Gasteiger partial charge is 0.493 e. The molecular weight excluding hydrogens is 496 g/mol. The first-order chi connectivity index (χ1) is 18.2. The van der Waals surface area contributed by atoms with Crippen molar-refractivity contribution in [2.45, 2.75) is 31.7 Å². The fourth-order valence-corrected chi connectivity index (χ4v) is 5.21. The van der Waals surface area contributed by atoms with Gasteiger partial charge in [-0.2, -0.15) is 0 Å². The zero-order valence-electron chi connectivity index (χ0n) is 21.4. The predicted molar refractivity (Wildman–Crippen MR) is 136 cm³/mol. The van der Waals surface area contributed by atoms with Gasteiger partial charge in [0, 0.05) is 62.7 Å². The number of halogens is 2. The van der Waals surface area contributed by atoms with E-state index in [2.05, 4.69) is 10.3 Å². The maximum absolute atomic E-state index is 15.2. The van der Waals surface area contributed by atoms with Crippen molar-refractivity contribution in [1.82, 2.24) is 15.2 Å². The molecule has 0 bridgehead atoms. The second-order valence-electron chi connectivity index (χ2n) is 9.90. The van der Waals surface area contributed by atoms with Crippen LogP contribution < -0.4 is 19.7 Å². The number of carbonyl (C=O) groups is 2. The summed E-state index contributed by atoms with van der Waals surface area (Å²) >= 11 is 0. The van der Waals surface area contributed by atoms with Crippen LogP contribution in [0.15, 0.2) is 24.5 Å². The molecule has 1 aromatic carbocycles. The second-order valence-corrected chi connectivity index (χ2v) is 9.90. The summed E-state index contributed by atoms with van der Waals surface area (Å²) in [5.74, 6) is -2.38. The fraction of sp³-hybridized carbons (Fsp3) is 0.407. The summed E-state index contributed by atoms with van der Waals surface area (Å²) in [5, 5.41) is 11.1. The number of nitrogens with one attached hydrogen (secondary N) is 2. The summed E-state index contributed by atoms with van der Waals surface area (Å²) in [6.45, 7) is 3.55. The predicted octanol–water partition coefficient (Wildman–Crippen LogP) is 3.01. The van der Waals surface area contributed by atoms with E-state index >= 15 is 8.78 Å². The van der Waals surface area contributed by atoms with E-state index < -0.39 is 28.6 Å². The Bertz CT molecular complexity index is 1320. The van der Waals surface area contributed by atoms with Gasteiger partial charge in [0.1, 0.15) is 5.69 Å². The molecule has 1 aliphatic carbocycles. The molecule has 0 unspecified atom stereocenters. The quantitative estimate of drug-likeness (QED) is 0.513. The van der Waals surface area contributed by atoms with Crippen LogP contribution in [0.1, 0.15) is 36.6 Å². The molecule has 2 fully saturated rings. The van der Waals surface area contributed by atoms with E-state index in [9.17, 15) is 9.59 Å². The summed E-state index contributed by atoms with van der Waals surface area (Å²) in [5.41, 5.74) is 1.11. The Morgan fingerprint density at radius 2 is 1.87 bits per heavy atom. The lowest BCUT2D eigenvalue weighted by Crippen LogP contribution is -2.52. The summed E-state index contributed by atoms with van der Waals surface area (Å²) in [6, 6.07) is 2.91. The van der Waals surface area contributed by atoms with Gasteiger partial charge in [0.15, 0.2) is 23.1 Å². The minimum Gasteiger partial charge on any atom is -0.493 e. The molecule has 9 nitrogen and oxygen atoms in total. The molecule has 0 radical (unpaired) electrons. The summed E-state index contributed by atoms with van der Waals surface area (Å²) in [6.07, 6.45) is 5.58. The maximum atomic E-state index is 15.2. The highest BCUT2D eigenvalue weighted by molar-refractivity contribution is 6.08. The number of allylic oxidation sites excluding steroid dienone is 1. The first-order valence-electron chi connectivity index (χ1n) is 12.3. The van der Waals surface area contributed by atoms with E-state index in [0.29, 0.717) is 55.2 Å². The van der Waals surface area contributed by atoms with E-state index in [-0.39, 0.29) is 24.0 Å². The molecule has 200 valence electrons. The molecule has 3 aliphatic rings. The molecule has 1 saturated carbocycles. The molecule has 3 heterocycles. The van der Waals surface area contributed by atoms with E-state index in [0.717, 1.165) is 16.5 Å². The lowest BCUT2D eigenvalue weighted by molar-refractivity contribution is -0.134. The molecule has 1 aromatic heterocycles. The van der Waals surface area contributed by atoms with Gasteiger partial charge in [-0.3, -0.25) is 14.6 Å². The minimum atomic E-state index is -0.971. The first kappa shape index (κ1) is 25.6. The Labute approximate surface area is 218 Å². The number of ether oxygens (including phenoxy) is 2. The SMILES string of the molecule is COc1cc(OC)c(F)c(N2Cc3cnc(/C(C=N)=C/NCC4CN(C(C)=O)C4)cc3C3(CC3)C2=O)c1F. The van der Waals surface area contributed by atoms with Crippen LogP contribution in [-0.4, -0.2) is 61.8 Å². The number of likely N-dealkylation sites (tertiary alicyclic amines) is 1. The molecule has 2 aromatic rings. The number of rotatable bonds is 8. The van der Waals surface area contributed by atoms with E-state index in [4.69, 9.17) is 14.9 Å². The summed E-state index contributed by atoms with van der Waals surface area (Å²) < 4.78 is 40.6. The molecule has 1 saturated heterocycles. The van der Waals surface area contributed by atoms with Gasteiger partial charge in [-0.25, -0.2) is 8.78 Å². The van der Waals surface area contributed by atoms with Gasteiger partial charge < -0.3 is 30.0 Å². The first-order valence-corrected chi connectivity index (χ1v) is 12.3. The highest BCUT2D eigenvalue weighted by Gasteiger charge is 2.57. The number of carbonyl (C=O) groups excluding carboxylic acids is 2. The number of fused-ring (bicyclic) bond motifs is 2. The molecule has 2 aliphatic heterocycles. The number of pyridine rings is 1. The summed E-state index contributed by atoms with van der Waals surface area (Å²) in [7, 11) is 2.52. The third kappa shape index (κ3) is 4.15. The highest BCUT2D eigenvalue weighted by Crippen LogP contribution is 2.55. The molecular formula is C27H29F2N5O4. The Balaban J connectivity index is 1.42. The Morgan fingerprint density at radius 3 is 2.42 bits per heavy atom. The normalized spacial score (nSPS) is 18.1. The van der Waals surface area contributed by atoms with Gasteiger partial charge in [0.2, 0.25) is 11.8 Å². The van der Waals surface area contributed by atoms with Crippen LogP contribution in [0.2, 0.25) is 0 Å². The molecule has 1 spiro atoms. The molecule has 2 N–H and O–H groups in total. The van der Waals surface area contributed by atoms with Crippen LogP contribution in [0.4, 0.5) is 14.5 Å². The van der Waals surface area contributed by atoms with Crippen molar-refractivity contribution in [1.29, 1.82) is 5.41 Å². The lowest BCUT2D eigenvalue weighted by atomic mass is 9.86. The number of amides is 2. The third-order valence-electron chi connectivity index (χ3n) is 7.57. The monoisotopic (exact) mass is 525 g/mol. The van der Waals surface area contributed by atoms with Crippen molar-refractivity contribution in [3.63, 3.8) is 0 Å². The van der Waals surface area contributed by atoms with E-state index in [1.54, 1.807) is 30.3 Å². The number of hydrogen-bond donors (Lipinski definition) is 2. The van der Waals surface area contributed by atoms with Gasteiger partial charge in [0.25, 0.3) is 0 Å². The van der Waals surface area contributed by atoms with Crippen LogP contribution in [0.3, 0.4) is 0 Å². The number of methoxy groups -OCH3 is 2. The molecule has 11 heteroatoms. The van der Waals surface area contributed by atoms with Crippen LogP contribution >= 0.6 is 0 Å². The molecule has 5 rings (SSSR count). The van der Waals surface area contributed by atoms with Gasteiger partial charge in [0.05, 0.1) is 31.9 Å². The van der Waals surface area contributed by atoms with Gasteiger partial charge >= 0.3 is 0 Å². The van der Waals surface area contributed by atoms with Crippen molar-refractivity contribution in [3.8, 4) is 11.5 Å². The number of hydrogen-bond acceptors (Lipinski definition) is 7. The van der Waals surface area contributed by atoms with E-state index in [1.807, 2.05) is 0 Å². The van der Waals surface area contributed by atoms with Crippen molar-refractivity contribution < 1.29 is 27.8 Å². The smallest absolute Gasteiger partial charge is 0.238 e. The maximum Gasteiger partial charge on any atom is 0.238 e. The molecule has 0 atom stereocenters. The molecule has 2 amide bonds. The fourth-order valence-electron chi connectivity index (χ4n) is 5.21. The zero-order valence-corrected chi connectivity index (χ0v) is 21.4. The van der Waals surface area contributed by atoms with Crippen LogP contribution in [0.25, 0.3) is 5.57 Å². The van der Waals surface area contributed by atoms with Crippen molar-refractivity contribution in [3.05, 3.63) is 53.0 Å². The zero-order chi connectivity index (χ0) is 27.2. The lowest BCUT2D eigenvalue weighted by Gasteiger charge is -2.38. The number of nitrogens with zero attached hydrogens (tertiary/aromatic N) is 3. The average Bonchev–Trinajstić information content (AvgIpc) is 3.68. The van der Waals surface area contributed by atoms with E-state index in [1.165, 1.54) is 20.4 Å². The second kappa shape index (κ2) is 9.70. The minimum absolute atomic E-state index is 0.0633. The third-order valence-corrected chi connectivity index (χ3v) is 7.57. The van der Waals surface area contributed by atoms with Gasteiger partial charge in [-0.15, -0.1) is 0 Å². The van der Waals surface area contributed by atoms with Crippen LogP contribution in [0, 0.1) is 23.0 Å². The highest BCUT2D eigenvalue weighted by atomic mass is 19.1. The molecule has 38 heavy (non-hydrogen) atoms. The van der Waals surface area contributed by atoms with Gasteiger partial charge in [-0.1, -0.05) is 0 Å². The van der Waals surface area contributed by atoms with Crippen molar-refractivity contribution in [2.75, 3.05) is 38.8 Å². The number of benzene rings is 1. The Morgan fingerprint density at radius 1 is 1.21 bits per heavy atom. The average molecular weight is 526 g/mol. The van der Waals surface area contributed by atoms with Gasteiger partial charge in [-0.05, 0) is 30.0 Å². The number of anilines is 1. The summed E-state index contributed by atoms with van der Waals surface area (Å²) in [4.78, 5) is 32.4. The Hall–Kier alpha value is -4.02. The topological polar surface area (TPSA) is 108 Å². The standard InChI is InChI=1S/C27H29F2N5O4/c1-15(35)33-12-16(13-33)9-31-10-17(8-30)20-6-19-18(11-32-20)14-34(26(36)27(19)4-5-27)25-23(28)21(37-2)7-22(38-3)24(25)29/h6-8,10-11,16,30-31H,4-5,9,12-14H2,1-3H3/b17-10+,30-8?. The Kier molecular flexibility index (Phi) is 6.54. The number of aromatic nitrogens is 1. The van der Waals surface area contributed by atoms with Crippen molar-refractivity contribution in [2.24, 2.45) is 5.92 Å². The van der Waals surface area contributed by atoms with Crippen LogP contribution in [0.5, 0.6) is 11.5 Å².